The molecule has 0 bridgehead atoms. The molecule has 0 saturated carbocycles. The summed E-state index contributed by atoms with van der Waals surface area (Å²) >= 11 is 0. The van der Waals surface area contributed by atoms with Gasteiger partial charge in [0.2, 0.25) is 6.10 Å². The van der Waals surface area contributed by atoms with Gasteiger partial charge >= 0.3 is 0 Å². The lowest BCUT2D eigenvalue weighted by Gasteiger charge is -2.33. The van der Waals surface area contributed by atoms with Crippen LogP contribution in [0.25, 0.3) is 0 Å². The molecule has 2 aliphatic heterocycles. The topological polar surface area (TPSA) is 59.0 Å². The van der Waals surface area contributed by atoms with Crippen molar-refractivity contribution in [1.29, 1.82) is 0 Å². The largest absolute Gasteiger partial charge is 0.482 e. The van der Waals surface area contributed by atoms with E-state index in [0.717, 1.165) is 0 Å². The standard InChI is InChI=1S/C14H17NO4/c1-9-13(14(17)15-7-6-10(16)8-15)19-12-5-3-2-4-11(12)18-9/h2-5,9-10,13,16H,6-8H2,1H3/t9?,10-,13?/m1/s1. The van der Waals surface area contributed by atoms with Gasteiger partial charge in [0.15, 0.2) is 11.5 Å². The molecule has 1 aromatic carbocycles. The van der Waals surface area contributed by atoms with Gasteiger partial charge < -0.3 is 19.5 Å². The van der Waals surface area contributed by atoms with E-state index in [1.54, 1.807) is 11.0 Å². The first-order valence-corrected chi connectivity index (χ1v) is 6.54. The molecule has 2 aliphatic rings. The Morgan fingerprint density at radius 2 is 2.00 bits per heavy atom. The smallest absolute Gasteiger partial charge is 0.267 e. The maximum Gasteiger partial charge on any atom is 0.267 e. The molecule has 3 rings (SSSR count). The first kappa shape index (κ1) is 12.3. The molecule has 2 heterocycles. The maximum absolute atomic E-state index is 12.4. The molecular weight excluding hydrogens is 246 g/mol. The third-order valence-electron chi connectivity index (χ3n) is 3.56. The summed E-state index contributed by atoms with van der Waals surface area (Å²) in [6.45, 7) is 2.78. The van der Waals surface area contributed by atoms with Gasteiger partial charge in [-0.15, -0.1) is 0 Å². The molecule has 2 unspecified atom stereocenters. The Morgan fingerprint density at radius 3 is 2.63 bits per heavy atom. The number of benzene rings is 1. The number of aliphatic hydroxyl groups excluding tert-OH is 1. The molecule has 1 amide bonds. The van der Waals surface area contributed by atoms with E-state index in [2.05, 4.69) is 0 Å². The first-order chi connectivity index (χ1) is 9.15. The van der Waals surface area contributed by atoms with Gasteiger partial charge in [0.1, 0.15) is 6.10 Å². The van der Waals surface area contributed by atoms with Crippen molar-refractivity contribution in [3.63, 3.8) is 0 Å². The molecule has 0 spiro atoms. The number of aliphatic hydroxyl groups is 1. The first-order valence-electron chi connectivity index (χ1n) is 6.54. The van der Waals surface area contributed by atoms with Crippen molar-refractivity contribution in [2.45, 2.75) is 31.7 Å². The second kappa shape index (κ2) is 4.74. The number of ether oxygens (including phenoxy) is 2. The second-order valence-electron chi connectivity index (χ2n) is 5.03. The van der Waals surface area contributed by atoms with Crippen LogP contribution >= 0.6 is 0 Å². The highest BCUT2D eigenvalue weighted by atomic mass is 16.6. The normalized spacial score (nSPS) is 29.4. The number of hydrogen-bond acceptors (Lipinski definition) is 4. The Kier molecular flexibility index (Phi) is 3.06. The van der Waals surface area contributed by atoms with E-state index in [4.69, 9.17) is 9.47 Å². The molecule has 3 atom stereocenters. The zero-order valence-corrected chi connectivity index (χ0v) is 10.8. The molecule has 1 saturated heterocycles. The Labute approximate surface area is 111 Å². The molecular formula is C14H17NO4. The number of hydrogen-bond donors (Lipinski definition) is 1. The predicted molar refractivity (Wildman–Crippen MR) is 68.2 cm³/mol. The zero-order valence-electron chi connectivity index (χ0n) is 10.8. The van der Waals surface area contributed by atoms with Crippen molar-refractivity contribution in [3.05, 3.63) is 24.3 Å². The fraction of sp³-hybridized carbons (Fsp3) is 0.500. The van der Waals surface area contributed by atoms with E-state index >= 15 is 0 Å². The van der Waals surface area contributed by atoms with Gasteiger partial charge in [-0.1, -0.05) is 12.1 Å². The summed E-state index contributed by atoms with van der Waals surface area (Å²) in [6.07, 6.45) is -0.763. The number of carbonyl (C=O) groups is 1. The van der Waals surface area contributed by atoms with Crippen LogP contribution in [0.15, 0.2) is 24.3 Å². The number of amides is 1. The van der Waals surface area contributed by atoms with E-state index in [1.165, 1.54) is 0 Å². The van der Waals surface area contributed by atoms with Crippen LogP contribution in [0.4, 0.5) is 0 Å². The summed E-state index contributed by atoms with van der Waals surface area (Å²) in [4.78, 5) is 14.0. The molecule has 5 heteroatoms. The van der Waals surface area contributed by atoms with Crippen molar-refractivity contribution in [3.8, 4) is 11.5 Å². The van der Waals surface area contributed by atoms with Crippen molar-refractivity contribution < 1.29 is 19.4 Å². The quantitative estimate of drug-likeness (QED) is 0.814. The summed E-state index contributed by atoms with van der Waals surface area (Å²) < 4.78 is 11.5. The highest BCUT2D eigenvalue weighted by Crippen LogP contribution is 2.34. The van der Waals surface area contributed by atoms with Gasteiger partial charge in [0, 0.05) is 13.1 Å². The van der Waals surface area contributed by atoms with E-state index in [1.807, 2.05) is 25.1 Å². The average molecular weight is 263 g/mol. The zero-order chi connectivity index (χ0) is 13.4. The minimum absolute atomic E-state index is 0.112. The minimum Gasteiger partial charge on any atom is -0.482 e. The Balaban J connectivity index is 1.77. The summed E-state index contributed by atoms with van der Waals surface area (Å²) in [7, 11) is 0. The van der Waals surface area contributed by atoms with Crippen LogP contribution in [0.2, 0.25) is 0 Å². The number of carbonyl (C=O) groups excluding carboxylic acids is 1. The summed E-state index contributed by atoms with van der Waals surface area (Å²) in [6, 6.07) is 7.33. The highest BCUT2D eigenvalue weighted by Gasteiger charge is 2.38. The van der Waals surface area contributed by atoms with Gasteiger partial charge in [0.05, 0.1) is 6.10 Å². The lowest BCUT2D eigenvalue weighted by molar-refractivity contribution is -0.143. The van der Waals surface area contributed by atoms with Gasteiger partial charge in [0.25, 0.3) is 5.91 Å². The molecule has 1 N–H and O–H groups in total. The maximum atomic E-state index is 12.4. The molecule has 0 aromatic heterocycles. The summed E-state index contributed by atoms with van der Waals surface area (Å²) in [5.41, 5.74) is 0. The third kappa shape index (κ3) is 2.26. The number of β-amino-alcohol motifs (C(OH)–C–C–N with tert-alkyl or cyclic N) is 1. The average Bonchev–Trinajstić information content (AvgIpc) is 2.84. The Bertz CT molecular complexity index is 490. The van der Waals surface area contributed by atoms with Crippen LogP contribution in [0.3, 0.4) is 0 Å². The minimum atomic E-state index is -0.639. The van der Waals surface area contributed by atoms with E-state index in [-0.39, 0.29) is 12.0 Å². The number of likely N-dealkylation sites (tertiary alicyclic amines) is 1. The molecule has 0 radical (unpaired) electrons. The monoisotopic (exact) mass is 263 g/mol. The van der Waals surface area contributed by atoms with Crippen molar-refractivity contribution >= 4 is 5.91 Å². The van der Waals surface area contributed by atoms with Crippen LogP contribution in [0, 0.1) is 0 Å². The molecule has 0 aliphatic carbocycles. The lowest BCUT2D eigenvalue weighted by atomic mass is 10.1. The second-order valence-corrected chi connectivity index (χ2v) is 5.03. The molecule has 102 valence electrons. The third-order valence-corrected chi connectivity index (χ3v) is 3.56. The van der Waals surface area contributed by atoms with Crippen LogP contribution in [-0.4, -0.2) is 47.3 Å². The predicted octanol–water partition coefficient (Wildman–Crippen LogP) is 0.808. The number of nitrogens with zero attached hydrogens (tertiary/aromatic N) is 1. The fourth-order valence-electron chi connectivity index (χ4n) is 2.51. The number of rotatable bonds is 1. The Morgan fingerprint density at radius 1 is 1.32 bits per heavy atom. The number of fused-ring (bicyclic) bond motifs is 1. The van der Waals surface area contributed by atoms with Gasteiger partial charge in [-0.3, -0.25) is 4.79 Å². The highest BCUT2D eigenvalue weighted by molar-refractivity contribution is 5.82. The Hall–Kier alpha value is -1.75. The van der Waals surface area contributed by atoms with Crippen LogP contribution in [0.1, 0.15) is 13.3 Å². The van der Waals surface area contributed by atoms with Crippen LogP contribution in [-0.2, 0) is 4.79 Å². The van der Waals surface area contributed by atoms with E-state index in [9.17, 15) is 9.90 Å². The molecule has 1 fully saturated rings. The fourth-order valence-corrected chi connectivity index (χ4v) is 2.51. The van der Waals surface area contributed by atoms with Crippen molar-refractivity contribution in [2.24, 2.45) is 0 Å². The SMILES string of the molecule is CC1Oc2ccccc2OC1C(=O)N1CC[C@@H](O)C1. The van der Waals surface area contributed by atoms with Gasteiger partial charge in [-0.05, 0) is 25.5 Å². The van der Waals surface area contributed by atoms with E-state index in [0.29, 0.717) is 31.0 Å². The molecule has 1 aromatic rings. The lowest BCUT2D eigenvalue weighted by Crippen LogP contribution is -2.50. The van der Waals surface area contributed by atoms with Crippen molar-refractivity contribution in [1.82, 2.24) is 4.90 Å². The molecule has 19 heavy (non-hydrogen) atoms. The molecule has 5 nitrogen and oxygen atoms in total. The summed E-state index contributed by atoms with van der Waals surface area (Å²) in [5.74, 6) is 1.15. The summed E-state index contributed by atoms with van der Waals surface area (Å²) in [5, 5.41) is 9.50. The van der Waals surface area contributed by atoms with Crippen LogP contribution in [0.5, 0.6) is 11.5 Å². The van der Waals surface area contributed by atoms with Gasteiger partial charge in [-0.2, -0.15) is 0 Å². The van der Waals surface area contributed by atoms with Gasteiger partial charge in [-0.25, -0.2) is 0 Å². The number of para-hydroxylation sites is 2. The van der Waals surface area contributed by atoms with Crippen molar-refractivity contribution in [2.75, 3.05) is 13.1 Å². The van der Waals surface area contributed by atoms with Crippen LogP contribution < -0.4 is 9.47 Å². The van der Waals surface area contributed by atoms with E-state index < -0.39 is 12.2 Å².